The largest absolute Gasteiger partial charge is 0.480 e. The fourth-order valence-corrected chi connectivity index (χ4v) is 1.65. The first-order valence-electron chi connectivity index (χ1n) is 5.28. The van der Waals surface area contributed by atoms with Gasteiger partial charge in [-0.2, -0.15) is 0 Å². The van der Waals surface area contributed by atoms with E-state index in [-0.39, 0.29) is 16.7 Å². The number of non-ortho nitro benzene ring substituents is 1. The fourth-order valence-electron chi connectivity index (χ4n) is 1.65. The molecule has 1 unspecified atom stereocenters. The molecule has 0 fully saturated rings. The minimum atomic E-state index is -1.02. The van der Waals surface area contributed by atoms with E-state index in [0.29, 0.717) is 5.69 Å². The molecule has 0 amide bonds. The van der Waals surface area contributed by atoms with Crippen LogP contribution in [0.1, 0.15) is 6.92 Å². The molecule has 0 saturated carbocycles. The summed E-state index contributed by atoms with van der Waals surface area (Å²) in [5, 5.41) is 26.9. The number of carboxylic acids is 1. The van der Waals surface area contributed by atoms with E-state index >= 15 is 0 Å². The monoisotopic (exact) mass is 266 g/mol. The van der Waals surface area contributed by atoms with Gasteiger partial charge >= 0.3 is 11.7 Å². The van der Waals surface area contributed by atoms with Crippen molar-refractivity contribution in [2.24, 2.45) is 0 Å². The number of hydrogen-bond donors (Lipinski definition) is 1. The third kappa shape index (κ3) is 2.05. The van der Waals surface area contributed by atoms with Gasteiger partial charge in [-0.15, -0.1) is 0 Å². The Morgan fingerprint density at radius 3 is 2.68 bits per heavy atom. The van der Waals surface area contributed by atoms with Crippen LogP contribution < -0.4 is 4.90 Å². The minimum absolute atomic E-state index is 0.00746. The van der Waals surface area contributed by atoms with Gasteiger partial charge in [-0.05, 0) is 23.3 Å². The lowest BCUT2D eigenvalue weighted by molar-refractivity contribution is -0.383. The first-order chi connectivity index (χ1) is 8.93. The molecule has 1 aromatic carbocycles. The summed E-state index contributed by atoms with van der Waals surface area (Å²) < 4.78 is 4.51. The topological polar surface area (TPSA) is 123 Å². The molecule has 1 aromatic heterocycles. The van der Waals surface area contributed by atoms with Crippen molar-refractivity contribution in [1.29, 1.82) is 0 Å². The van der Waals surface area contributed by atoms with Crippen LogP contribution in [0, 0.1) is 10.1 Å². The van der Waals surface area contributed by atoms with Gasteiger partial charge in [0.15, 0.2) is 5.52 Å². The van der Waals surface area contributed by atoms with Gasteiger partial charge in [0.1, 0.15) is 6.04 Å². The van der Waals surface area contributed by atoms with Gasteiger partial charge in [-0.3, -0.25) is 10.1 Å². The molecule has 1 atom stereocenters. The molecule has 0 spiro atoms. The van der Waals surface area contributed by atoms with Crippen LogP contribution in [0.2, 0.25) is 0 Å². The lowest BCUT2D eigenvalue weighted by Crippen LogP contribution is -2.35. The lowest BCUT2D eigenvalue weighted by Gasteiger charge is -2.23. The number of hydrogen-bond acceptors (Lipinski definition) is 7. The van der Waals surface area contributed by atoms with Gasteiger partial charge in [-0.25, -0.2) is 9.42 Å². The van der Waals surface area contributed by atoms with E-state index in [1.54, 1.807) is 7.05 Å². The Kier molecular flexibility index (Phi) is 3.03. The maximum absolute atomic E-state index is 11.0. The highest BCUT2D eigenvalue weighted by atomic mass is 16.6. The maximum atomic E-state index is 11.0. The van der Waals surface area contributed by atoms with Crippen molar-refractivity contribution in [2.45, 2.75) is 13.0 Å². The molecule has 9 heteroatoms. The number of carbonyl (C=O) groups is 1. The van der Waals surface area contributed by atoms with Crippen LogP contribution in [-0.2, 0) is 4.79 Å². The summed E-state index contributed by atoms with van der Waals surface area (Å²) in [7, 11) is 1.55. The maximum Gasteiger partial charge on any atom is 0.326 e. The van der Waals surface area contributed by atoms with Crippen molar-refractivity contribution in [3.05, 3.63) is 22.2 Å². The van der Waals surface area contributed by atoms with Gasteiger partial charge in [0.05, 0.1) is 10.6 Å². The van der Waals surface area contributed by atoms with Gasteiger partial charge in [-0.1, -0.05) is 0 Å². The molecule has 9 nitrogen and oxygen atoms in total. The molecule has 1 N–H and O–H groups in total. The number of rotatable bonds is 4. The molecule has 19 heavy (non-hydrogen) atoms. The third-order valence-electron chi connectivity index (χ3n) is 2.89. The smallest absolute Gasteiger partial charge is 0.326 e. The first-order valence-corrected chi connectivity index (χ1v) is 5.28. The number of aliphatic carboxylic acids is 1. The van der Waals surface area contributed by atoms with E-state index in [9.17, 15) is 14.9 Å². The molecule has 0 aliphatic heterocycles. The average molecular weight is 266 g/mol. The van der Waals surface area contributed by atoms with Crippen LogP contribution in [0.4, 0.5) is 11.4 Å². The summed E-state index contributed by atoms with van der Waals surface area (Å²) in [6.45, 7) is 1.49. The first kappa shape index (κ1) is 12.7. The normalized spacial score (nSPS) is 12.3. The summed E-state index contributed by atoms with van der Waals surface area (Å²) in [5.41, 5.74) is 0.310. The summed E-state index contributed by atoms with van der Waals surface area (Å²) >= 11 is 0. The SMILES string of the molecule is CC(C(=O)O)N(C)c1ccc([N+](=O)[O-])c2nonc12. The lowest BCUT2D eigenvalue weighted by atomic mass is 10.2. The van der Waals surface area contributed by atoms with Crippen molar-refractivity contribution >= 4 is 28.4 Å². The number of benzene rings is 1. The van der Waals surface area contributed by atoms with Gasteiger partial charge < -0.3 is 10.0 Å². The minimum Gasteiger partial charge on any atom is -0.480 e. The Bertz CT molecular complexity index is 652. The number of nitro benzene ring substituents is 1. The number of aromatic nitrogens is 2. The second kappa shape index (κ2) is 4.52. The third-order valence-corrected chi connectivity index (χ3v) is 2.89. The molecule has 0 saturated heterocycles. The van der Waals surface area contributed by atoms with Crippen LogP contribution in [0.5, 0.6) is 0 Å². The molecule has 0 aliphatic carbocycles. The number of likely N-dealkylation sites (N-methyl/N-ethyl adjacent to an activating group) is 1. The molecule has 1 heterocycles. The van der Waals surface area contributed by atoms with Crippen LogP contribution in [-0.4, -0.2) is 39.4 Å². The zero-order valence-electron chi connectivity index (χ0n) is 10.1. The van der Waals surface area contributed by atoms with E-state index in [1.165, 1.54) is 24.0 Å². The molecular formula is C10H10N4O5. The highest BCUT2D eigenvalue weighted by molar-refractivity contribution is 5.95. The Morgan fingerprint density at radius 1 is 1.47 bits per heavy atom. The zero-order chi connectivity index (χ0) is 14.2. The highest BCUT2D eigenvalue weighted by Gasteiger charge is 2.25. The number of carboxylic acid groups (broad SMARTS) is 1. The predicted molar refractivity (Wildman–Crippen MR) is 64.0 cm³/mol. The van der Waals surface area contributed by atoms with Crippen LogP contribution >= 0.6 is 0 Å². The summed E-state index contributed by atoms with van der Waals surface area (Å²) in [4.78, 5) is 22.6. The van der Waals surface area contributed by atoms with E-state index in [4.69, 9.17) is 5.11 Å². The molecule has 2 rings (SSSR count). The number of fused-ring (bicyclic) bond motifs is 1. The van der Waals surface area contributed by atoms with Gasteiger partial charge in [0, 0.05) is 13.1 Å². The van der Waals surface area contributed by atoms with Gasteiger partial charge in [0.2, 0.25) is 5.52 Å². The van der Waals surface area contributed by atoms with Crippen molar-refractivity contribution in [1.82, 2.24) is 10.3 Å². The second-order valence-electron chi connectivity index (χ2n) is 3.95. The Labute approximate surface area is 106 Å². The van der Waals surface area contributed by atoms with Crippen LogP contribution in [0.15, 0.2) is 16.8 Å². The van der Waals surface area contributed by atoms with E-state index < -0.39 is 16.9 Å². The van der Waals surface area contributed by atoms with Crippen LogP contribution in [0.25, 0.3) is 11.0 Å². The molecular weight excluding hydrogens is 256 g/mol. The molecule has 2 aromatic rings. The van der Waals surface area contributed by atoms with E-state index in [2.05, 4.69) is 14.9 Å². The quantitative estimate of drug-likeness (QED) is 0.643. The average Bonchev–Trinajstić information content (AvgIpc) is 2.84. The Balaban J connectivity index is 2.57. The predicted octanol–water partition coefficient (Wildman–Crippen LogP) is 1.04. The molecule has 0 aliphatic rings. The molecule has 0 radical (unpaired) electrons. The molecule has 0 bridgehead atoms. The number of anilines is 1. The summed E-state index contributed by atoms with van der Waals surface area (Å²) in [6.07, 6.45) is 0. The standard InChI is InChI=1S/C10H10N4O5/c1-5(10(15)16)13(2)6-3-4-7(14(17)18)9-8(6)11-19-12-9/h3-5H,1-2H3,(H,15,16). The van der Waals surface area contributed by atoms with Crippen molar-refractivity contribution in [3.8, 4) is 0 Å². The number of nitrogens with zero attached hydrogens (tertiary/aromatic N) is 4. The molecule has 100 valence electrons. The van der Waals surface area contributed by atoms with Crippen molar-refractivity contribution < 1.29 is 19.5 Å². The second-order valence-corrected chi connectivity index (χ2v) is 3.95. The van der Waals surface area contributed by atoms with Crippen LogP contribution in [0.3, 0.4) is 0 Å². The van der Waals surface area contributed by atoms with Gasteiger partial charge in [0.25, 0.3) is 0 Å². The summed E-state index contributed by atoms with van der Waals surface area (Å²) in [5.74, 6) is -1.02. The summed E-state index contributed by atoms with van der Waals surface area (Å²) in [6, 6.07) is 1.85. The Morgan fingerprint density at radius 2 is 2.11 bits per heavy atom. The fraction of sp³-hybridized carbons (Fsp3) is 0.300. The Hall–Kier alpha value is -2.71. The zero-order valence-corrected chi connectivity index (χ0v) is 10.1. The van der Waals surface area contributed by atoms with Crippen molar-refractivity contribution in [2.75, 3.05) is 11.9 Å². The van der Waals surface area contributed by atoms with Crippen molar-refractivity contribution in [3.63, 3.8) is 0 Å². The highest BCUT2D eigenvalue weighted by Crippen LogP contribution is 2.31. The number of nitro groups is 1. The van der Waals surface area contributed by atoms with E-state index in [1.807, 2.05) is 0 Å². The van der Waals surface area contributed by atoms with E-state index in [0.717, 1.165) is 0 Å².